The van der Waals surface area contributed by atoms with E-state index < -0.39 is 16.0 Å². The Morgan fingerprint density at radius 3 is 2.41 bits per heavy atom. The second-order valence-electron chi connectivity index (χ2n) is 7.51. The summed E-state index contributed by atoms with van der Waals surface area (Å²) in [5.74, 6) is -1.06. The average molecular weight is 476 g/mol. The van der Waals surface area contributed by atoms with Gasteiger partial charge in [0.1, 0.15) is 5.00 Å². The molecule has 0 spiro atoms. The largest absolute Gasteiger partial charge is 0.462 e. The van der Waals surface area contributed by atoms with Crippen molar-refractivity contribution >= 4 is 38.2 Å². The number of carbonyl (C=O) groups excluding carboxylic acids is 2. The smallest absolute Gasteiger partial charge is 0.341 e. The van der Waals surface area contributed by atoms with Crippen LogP contribution >= 0.6 is 11.3 Å². The summed E-state index contributed by atoms with van der Waals surface area (Å²) in [6.45, 7) is 6.10. The Morgan fingerprint density at radius 1 is 1.22 bits per heavy atom. The third kappa shape index (κ3) is 4.85. The Morgan fingerprint density at radius 2 is 1.84 bits per heavy atom. The molecule has 1 aromatic carbocycles. The SMILES string of the molecule is CCOC(=O)c1c(NC(=O)C2CCN(S(=O)(=O)c3ccc(C#N)cc3)CC2)sc(C)c1C. The molecule has 170 valence electrons. The molecule has 1 fully saturated rings. The van der Waals surface area contributed by atoms with E-state index in [4.69, 9.17) is 10.00 Å². The molecule has 1 N–H and O–H groups in total. The zero-order chi connectivity index (χ0) is 23.5. The van der Waals surface area contributed by atoms with Gasteiger partial charge in [-0.2, -0.15) is 9.57 Å². The minimum absolute atomic E-state index is 0.128. The molecule has 10 heteroatoms. The average Bonchev–Trinajstić information content (AvgIpc) is 3.06. The van der Waals surface area contributed by atoms with Gasteiger partial charge in [-0.1, -0.05) is 0 Å². The maximum Gasteiger partial charge on any atom is 0.341 e. The number of nitriles is 1. The number of carbonyl (C=O) groups is 2. The molecule has 3 rings (SSSR count). The third-order valence-corrected chi connectivity index (χ3v) is 8.58. The Bertz CT molecular complexity index is 1160. The van der Waals surface area contributed by atoms with E-state index in [0.717, 1.165) is 10.4 Å². The van der Waals surface area contributed by atoms with Crippen molar-refractivity contribution in [2.45, 2.75) is 38.5 Å². The van der Waals surface area contributed by atoms with Crippen molar-refractivity contribution in [1.29, 1.82) is 5.26 Å². The van der Waals surface area contributed by atoms with Gasteiger partial charge in [0.2, 0.25) is 15.9 Å². The van der Waals surface area contributed by atoms with E-state index in [9.17, 15) is 18.0 Å². The maximum atomic E-state index is 12.9. The summed E-state index contributed by atoms with van der Waals surface area (Å²) in [7, 11) is -3.69. The molecular weight excluding hydrogens is 450 g/mol. The Kier molecular flexibility index (Phi) is 7.33. The van der Waals surface area contributed by atoms with Crippen LogP contribution in [0, 0.1) is 31.1 Å². The minimum atomic E-state index is -3.69. The first kappa shape index (κ1) is 23.9. The van der Waals surface area contributed by atoms with Gasteiger partial charge in [0.15, 0.2) is 0 Å². The molecule has 0 atom stereocenters. The van der Waals surface area contributed by atoms with Gasteiger partial charge in [0.05, 0.1) is 28.7 Å². The summed E-state index contributed by atoms with van der Waals surface area (Å²) in [5.41, 5.74) is 1.55. The Labute approximate surface area is 191 Å². The number of thiophene rings is 1. The molecule has 1 aliphatic rings. The maximum absolute atomic E-state index is 12.9. The van der Waals surface area contributed by atoms with Crippen LogP contribution in [-0.2, 0) is 19.6 Å². The van der Waals surface area contributed by atoms with Crippen molar-refractivity contribution in [3.63, 3.8) is 0 Å². The summed E-state index contributed by atoms with van der Waals surface area (Å²) in [6, 6.07) is 7.75. The van der Waals surface area contributed by atoms with E-state index in [1.165, 1.54) is 39.9 Å². The van der Waals surface area contributed by atoms with Crippen LogP contribution in [0.2, 0.25) is 0 Å². The fourth-order valence-electron chi connectivity index (χ4n) is 3.59. The van der Waals surface area contributed by atoms with Gasteiger partial charge >= 0.3 is 5.97 Å². The summed E-state index contributed by atoms with van der Waals surface area (Å²) in [4.78, 5) is 26.2. The Hall–Kier alpha value is -2.74. The van der Waals surface area contributed by atoms with Crippen LogP contribution < -0.4 is 5.32 Å². The molecule has 1 aromatic heterocycles. The van der Waals surface area contributed by atoms with Gasteiger partial charge in [0, 0.05) is 23.9 Å². The van der Waals surface area contributed by atoms with E-state index in [1.54, 1.807) is 6.92 Å². The van der Waals surface area contributed by atoms with Crippen molar-refractivity contribution in [3.8, 4) is 6.07 Å². The number of ether oxygens (including phenoxy) is 1. The number of amides is 1. The summed E-state index contributed by atoms with van der Waals surface area (Å²) in [5, 5.41) is 12.2. The number of nitrogens with zero attached hydrogens (tertiary/aromatic N) is 2. The van der Waals surface area contributed by atoms with Gasteiger partial charge < -0.3 is 10.1 Å². The molecule has 0 saturated carbocycles. The molecule has 2 aromatic rings. The lowest BCUT2D eigenvalue weighted by molar-refractivity contribution is -0.120. The molecule has 1 amide bonds. The van der Waals surface area contributed by atoms with Gasteiger partial charge in [0.25, 0.3) is 0 Å². The molecular formula is C22H25N3O5S2. The number of aryl methyl sites for hydroxylation is 1. The number of benzene rings is 1. The second kappa shape index (κ2) is 9.81. The summed E-state index contributed by atoms with van der Waals surface area (Å²) < 4.78 is 32.2. The lowest BCUT2D eigenvalue weighted by Gasteiger charge is -2.30. The minimum Gasteiger partial charge on any atom is -0.462 e. The molecule has 0 unspecified atom stereocenters. The van der Waals surface area contributed by atoms with Crippen LogP contribution in [0.5, 0.6) is 0 Å². The van der Waals surface area contributed by atoms with Crippen molar-refractivity contribution in [1.82, 2.24) is 4.31 Å². The fourth-order valence-corrected chi connectivity index (χ4v) is 6.11. The second-order valence-corrected chi connectivity index (χ2v) is 10.7. The first-order valence-corrected chi connectivity index (χ1v) is 12.5. The number of nitrogens with one attached hydrogen (secondary N) is 1. The van der Waals surface area contributed by atoms with Crippen molar-refractivity contribution in [2.75, 3.05) is 25.0 Å². The predicted octanol–water partition coefficient (Wildman–Crippen LogP) is 3.45. The monoisotopic (exact) mass is 475 g/mol. The molecule has 1 saturated heterocycles. The highest BCUT2D eigenvalue weighted by Gasteiger charge is 2.33. The van der Waals surface area contributed by atoms with Crippen molar-refractivity contribution in [3.05, 3.63) is 45.8 Å². The van der Waals surface area contributed by atoms with E-state index >= 15 is 0 Å². The molecule has 0 bridgehead atoms. The zero-order valence-electron chi connectivity index (χ0n) is 18.2. The third-order valence-electron chi connectivity index (χ3n) is 5.55. The van der Waals surface area contributed by atoms with Crippen molar-refractivity contribution < 1.29 is 22.7 Å². The number of esters is 1. The molecule has 0 aliphatic carbocycles. The highest BCUT2D eigenvalue weighted by Crippen LogP contribution is 2.34. The van der Waals surface area contributed by atoms with E-state index in [2.05, 4.69) is 5.32 Å². The fraction of sp³-hybridized carbons (Fsp3) is 0.409. The lowest BCUT2D eigenvalue weighted by Crippen LogP contribution is -2.41. The first-order chi connectivity index (χ1) is 15.2. The van der Waals surface area contributed by atoms with Crippen LogP contribution in [0.25, 0.3) is 0 Å². The number of sulfonamides is 1. The Balaban J connectivity index is 1.67. The number of hydrogen-bond donors (Lipinski definition) is 1. The highest BCUT2D eigenvalue weighted by molar-refractivity contribution is 7.89. The molecule has 32 heavy (non-hydrogen) atoms. The first-order valence-electron chi connectivity index (χ1n) is 10.3. The van der Waals surface area contributed by atoms with E-state index in [1.807, 2.05) is 19.9 Å². The molecule has 8 nitrogen and oxygen atoms in total. The number of hydrogen-bond acceptors (Lipinski definition) is 7. The molecule has 0 radical (unpaired) electrons. The van der Waals surface area contributed by atoms with Gasteiger partial charge in [-0.25, -0.2) is 13.2 Å². The topological polar surface area (TPSA) is 117 Å². The number of piperidine rings is 1. The van der Waals surface area contributed by atoms with Gasteiger partial charge in [-0.3, -0.25) is 4.79 Å². The van der Waals surface area contributed by atoms with Crippen LogP contribution in [0.4, 0.5) is 5.00 Å². The van der Waals surface area contributed by atoms with Crippen molar-refractivity contribution in [2.24, 2.45) is 5.92 Å². The van der Waals surface area contributed by atoms with Gasteiger partial charge in [-0.15, -0.1) is 11.3 Å². The van der Waals surface area contributed by atoms with Crippen LogP contribution in [0.15, 0.2) is 29.2 Å². The zero-order valence-corrected chi connectivity index (χ0v) is 19.8. The highest BCUT2D eigenvalue weighted by atomic mass is 32.2. The summed E-state index contributed by atoms with van der Waals surface area (Å²) >= 11 is 1.33. The number of rotatable bonds is 6. The number of anilines is 1. The van der Waals surface area contributed by atoms with E-state index in [-0.39, 0.29) is 36.4 Å². The normalized spacial score (nSPS) is 15.2. The van der Waals surface area contributed by atoms with Crippen LogP contribution in [0.3, 0.4) is 0 Å². The van der Waals surface area contributed by atoms with Crippen LogP contribution in [-0.4, -0.2) is 44.3 Å². The summed E-state index contributed by atoms with van der Waals surface area (Å²) in [6.07, 6.45) is 0.749. The predicted molar refractivity (Wildman–Crippen MR) is 121 cm³/mol. The lowest BCUT2D eigenvalue weighted by atomic mass is 9.97. The van der Waals surface area contributed by atoms with E-state index in [0.29, 0.717) is 29.0 Å². The molecule has 1 aliphatic heterocycles. The quantitative estimate of drug-likeness (QED) is 0.640. The molecule has 2 heterocycles. The standard InChI is InChI=1S/C22H25N3O5S2/c1-4-30-22(27)19-14(2)15(3)31-21(19)24-20(26)17-9-11-25(12-10-17)32(28,29)18-7-5-16(13-23)6-8-18/h5-8,17H,4,9-12H2,1-3H3,(H,24,26). The van der Waals surface area contributed by atoms with Crippen LogP contribution in [0.1, 0.15) is 46.1 Å². The van der Waals surface area contributed by atoms with Gasteiger partial charge in [-0.05, 0) is 63.4 Å².